The van der Waals surface area contributed by atoms with Crippen molar-refractivity contribution in [3.63, 3.8) is 0 Å². The Kier molecular flexibility index (Phi) is 12.4. The lowest BCUT2D eigenvalue weighted by atomic mass is 9.91. The lowest BCUT2D eigenvalue weighted by Gasteiger charge is -2.35. The summed E-state index contributed by atoms with van der Waals surface area (Å²) < 4.78 is 5.78. The highest BCUT2D eigenvalue weighted by atomic mass is 16.5. The molecular formula is C41H45N9O8. The molecule has 1 aromatic carbocycles. The quantitative estimate of drug-likeness (QED) is 0.145. The third kappa shape index (κ3) is 9.19. The van der Waals surface area contributed by atoms with Crippen molar-refractivity contribution in [1.82, 2.24) is 40.5 Å². The lowest BCUT2D eigenvalue weighted by Crippen LogP contribution is -2.54. The van der Waals surface area contributed by atoms with Crippen molar-refractivity contribution in [1.29, 1.82) is 0 Å². The van der Waals surface area contributed by atoms with Gasteiger partial charge < -0.3 is 24.8 Å². The fourth-order valence-corrected chi connectivity index (χ4v) is 7.69. The molecule has 7 amide bonds. The summed E-state index contributed by atoms with van der Waals surface area (Å²) in [5.41, 5.74) is 1.21. The maximum absolute atomic E-state index is 13.3. The molecule has 0 bridgehead atoms. The predicted octanol–water partition coefficient (Wildman–Crippen LogP) is 1.85. The number of nitrogens with one attached hydrogen (secondary N) is 2. The Labute approximate surface area is 334 Å². The Balaban J connectivity index is 0.806. The number of likely N-dealkylation sites (tertiary alicyclic amines) is 1. The van der Waals surface area contributed by atoms with Crippen LogP contribution in [0.4, 0.5) is 5.82 Å². The second kappa shape index (κ2) is 18.2. The number of anilines is 1. The molecule has 17 heteroatoms. The molecule has 0 saturated carbocycles. The molecule has 0 spiro atoms. The van der Waals surface area contributed by atoms with E-state index in [2.05, 4.69) is 25.8 Å². The summed E-state index contributed by atoms with van der Waals surface area (Å²) in [5, 5.41) is 13.7. The first kappa shape index (κ1) is 39.7. The number of piperidine rings is 2. The number of carbonyl (C=O) groups excluding carboxylic acids is 7. The number of aromatic nitrogens is 3. The van der Waals surface area contributed by atoms with E-state index in [0.29, 0.717) is 57.5 Å². The zero-order chi connectivity index (χ0) is 40.6. The van der Waals surface area contributed by atoms with Gasteiger partial charge in [0.1, 0.15) is 11.8 Å². The monoisotopic (exact) mass is 791 g/mol. The molecule has 4 aliphatic rings. The Morgan fingerprint density at radius 3 is 2.40 bits per heavy atom. The number of hydrogen-bond donors (Lipinski definition) is 2. The van der Waals surface area contributed by atoms with E-state index < -0.39 is 29.7 Å². The minimum atomic E-state index is -1.11. The van der Waals surface area contributed by atoms with Gasteiger partial charge in [0, 0.05) is 70.7 Å². The lowest BCUT2D eigenvalue weighted by molar-refractivity contribution is -0.136. The van der Waals surface area contributed by atoms with Gasteiger partial charge in [-0.25, -0.2) is 0 Å². The maximum Gasteiger partial charge on any atom is 0.274 e. The van der Waals surface area contributed by atoms with Gasteiger partial charge in [-0.1, -0.05) is 25.0 Å². The van der Waals surface area contributed by atoms with Crippen LogP contribution in [0, 0.1) is 5.92 Å². The van der Waals surface area contributed by atoms with E-state index in [1.165, 1.54) is 18.2 Å². The Bertz CT molecular complexity index is 2080. The van der Waals surface area contributed by atoms with Crippen LogP contribution in [0.25, 0.3) is 6.08 Å². The second-order valence-corrected chi connectivity index (χ2v) is 14.7. The average molecular weight is 792 g/mol. The minimum Gasteiger partial charge on any atom is -0.483 e. The first-order chi connectivity index (χ1) is 28.2. The summed E-state index contributed by atoms with van der Waals surface area (Å²) in [6.07, 6.45) is 11.5. The summed E-state index contributed by atoms with van der Waals surface area (Å²) in [4.78, 5) is 99.3. The summed E-state index contributed by atoms with van der Waals surface area (Å²) in [7, 11) is 0. The van der Waals surface area contributed by atoms with Gasteiger partial charge >= 0.3 is 0 Å². The largest absolute Gasteiger partial charge is 0.483 e. The molecule has 1 unspecified atom stereocenters. The Morgan fingerprint density at radius 2 is 1.67 bits per heavy atom. The molecular weight excluding hydrogens is 747 g/mol. The van der Waals surface area contributed by atoms with Crippen LogP contribution in [0.2, 0.25) is 0 Å². The standard InChI is InChI=1S/C41H45N9O8/c51-34(13-9-28-6-4-17-42-25-28)43-18-2-1-5-27-15-19-49(20-16-27)40(56)30-10-12-33(46-45-30)47-21-23-48(24-22-47)36(53)26-58-32-8-3-7-29-37(32)41(57)50(39(29)55)31-11-14-35(52)44-38(31)54/h3-4,6-10,12-13,17,25,27,31H,1-2,5,11,14-16,18-24,26H2,(H,43,51)(H,44,52,54)/b13-9+. The molecule has 6 heterocycles. The van der Waals surface area contributed by atoms with E-state index in [1.54, 1.807) is 41.6 Å². The molecule has 302 valence electrons. The highest BCUT2D eigenvalue weighted by molar-refractivity contribution is 6.24. The van der Waals surface area contributed by atoms with Gasteiger partial charge in [0.25, 0.3) is 23.6 Å². The molecule has 3 fully saturated rings. The van der Waals surface area contributed by atoms with Gasteiger partial charge in [0.15, 0.2) is 18.1 Å². The van der Waals surface area contributed by atoms with Gasteiger partial charge in [-0.3, -0.25) is 48.8 Å². The number of piperazine rings is 1. The van der Waals surface area contributed by atoms with Crippen molar-refractivity contribution in [2.24, 2.45) is 5.92 Å². The molecule has 0 radical (unpaired) electrons. The molecule has 2 aromatic heterocycles. The van der Waals surface area contributed by atoms with E-state index >= 15 is 0 Å². The summed E-state index contributed by atoms with van der Waals surface area (Å²) >= 11 is 0. The van der Waals surface area contributed by atoms with Crippen LogP contribution in [0.5, 0.6) is 5.75 Å². The third-order valence-corrected chi connectivity index (χ3v) is 11.0. The van der Waals surface area contributed by atoms with Gasteiger partial charge in [-0.05, 0) is 73.6 Å². The number of pyridine rings is 1. The summed E-state index contributed by atoms with van der Waals surface area (Å²) in [6, 6.07) is 10.6. The molecule has 0 aliphatic carbocycles. The Hall–Kier alpha value is -6.52. The molecule has 2 N–H and O–H groups in total. The number of carbonyl (C=O) groups is 7. The number of imide groups is 2. The molecule has 7 rings (SSSR count). The molecule has 1 atom stereocenters. The van der Waals surface area contributed by atoms with Crippen molar-refractivity contribution < 1.29 is 38.3 Å². The number of hydrogen-bond acceptors (Lipinski definition) is 12. The first-order valence-corrected chi connectivity index (χ1v) is 19.7. The molecule has 17 nitrogen and oxygen atoms in total. The molecule has 4 aliphatic heterocycles. The second-order valence-electron chi connectivity index (χ2n) is 14.7. The van der Waals surface area contributed by atoms with Crippen molar-refractivity contribution in [2.75, 3.05) is 57.3 Å². The topological polar surface area (TPSA) is 204 Å². The third-order valence-electron chi connectivity index (χ3n) is 11.0. The van der Waals surface area contributed by atoms with Crippen molar-refractivity contribution in [2.45, 2.75) is 51.0 Å². The smallest absolute Gasteiger partial charge is 0.274 e. The number of benzene rings is 1. The van der Waals surface area contributed by atoms with Crippen LogP contribution in [0.1, 0.15) is 81.7 Å². The summed E-state index contributed by atoms with van der Waals surface area (Å²) in [6.45, 7) is 3.29. The maximum atomic E-state index is 13.3. The number of rotatable bonds is 13. The number of nitrogens with zero attached hydrogens (tertiary/aromatic N) is 7. The highest BCUT2D eigenvalue weighted by Gasteiger charge is 2.46. The van der Waals surface area contributed by atoms with Crippen LogP contribution in [0.15, 0.2) is 60.9 Å². The fraction of sp³-hybridized carbons (Fsp3) is 0.415. The normalized spacial score (nSPS) is 18.7. The van der Waals surface area contributed by atoms with Crippen LogP contribution in [-0.4, -0.2) is 130 Å². The van der Waals surface area contributed by atoms with Crippen molar-refractivity contribution in [3.05, 3.63) is 83.3 Å². The van der Waals surface area contributed by atoms with E-state index in [9.17, 15) is 33.6 Å². The van der Waals surface area contributed by atoms with Gasteiger partial charge in [-0.2, -0.15) is 0 Å². The van der Waals surface area contributed by atoms with E-state index in [4.69, 9.17) is 4.74 Å². The SMILES string of the molecule is O=C(/C=C/c1cccnc1)NCCCCC1CCN(C(=O)c2ccc(N3CCN(C(=O)COc4cccc5c4C(=O)N(C4CCC(=O)NC4=O)C5=O)CC3)nn2)CC1. The highest BCUT2D eigenvalue weighted by Crippen LogP contribution is 2.34. The number of ether oxygens (including phenoxy) is 1. The van der Waals surface area contributed by atoms with E-state index in [1.807, 2.05) is 21.9 Å². The fourth-order valence-electron chi connectivity index (χ4n) is 7.69. The van der Waals surface area contributed by atoms with E-state index in [0.717, 1.165) is 42.6 Å². The first-order valence-electron chi connectivity index (χ1n) is 19.7. The molecule has 3 saturated heterocycles. The Morgan fingerprint density at radius 1 is 0.862 bits per heavy atom. The molecule has 58 heavy (non-hydrogen) atoms. The van der Waals surface area contributed by atoms with Gasteiger partial charge in [0.05, 0.1) is 11.1 Å². The number of amides is 7. The summed E-state index contributed by atoms with van der Waals surface area (Å²) in [5.74, 6) is -1.91. The van der Waals surface area contributed by atoms with Gasteiger partial charge in [0.2, 0.25) is 17.7 Å². The van der Waals surface area contributed by atoms with Crippen molar-refractivity contribution >= 4 is 53.2 Å². The van der Waals surface area contributed by atoms with Crippen molar-refractivity contribution in [3.8, 4) is 5.75 Å². The minimum absolute atomic E-state index is 0.00752. The zero-order valence-corrected chi connectivity index (χ0v) is 32.0. The zero-order valence-electron chi connectivity index (χ0n) is 32.0. The average Bonchev–Trinajstić information content (AvgIpc) is 3.51. The van der Waals surface area contributed by atoms with Crippen LogP contribution in [0.3, 0.4) is 0 Å². The molecule has 3 aromatic rings. The van der Waals surface area contributed by atoms with Crippen LogP contribution >= 0.6 is 0 Å². The predicted molar refractivity (Wildman–Crippen MR) is 208 cm³/mol. The van der Waals surface area contributed by atoms with E-state index in [-0.39, 0.29) is 59.7 Å². The number of fused-ring (bicyclic) bond motifs is 1. The van der Waals surface area contributed by atoms with Crippen LogP contribution < -0.4 is 20.3 Å². The van der Waals surface area contributed by atoms with Gasteiger partial charge in [-0.15, -0.1) is 10.2 Å². The number of unbranched alkanes of at least 4 members (excludes halogenated alkanes) is 1. The van der Waals surface area contributed by atoms with Crippen LogP contribution in [-0.2, 0) is 19.2 Å².